The van der Waals surface area contributed by atoms with E-state index in [0.717, 1.165) is 19.3 Å². The molecule has 0 aromatic heterocycles. The fraction of sp³-hybridized carbons (Fsp3) is 0.613. The molecule has 4 fully saturated rings. The van der Waals surface area contributed by atoms with Crippen LogP contribution in [0.5, 0.6) is 0 Å². The number of methoxy groups -OCH3 is 1. The Morgan fingerprint density at radius 1 is 1.07 bits per heavy atom. The molecule has 12 nitrogen and oxygen atoms in total. The average molecular weight is 711 g/mol. The number of likely N-dealkylation sites (tertiary alicyclic amines) is 1. The summed E-state index contributed by atoms with van der Waals surface area (Å²) in [6.07, 6.45) is 2.40. The predicted molar refractivity (Wildman–Crippen MR) is 165 cm³/mol. The number of amides is 3. The molecule has 1 heterocycles. The van der Waals surface area contributed by atoms with E-state index in [4.69, 9.17) is 13.7 Å². The van der Waals surface area contributed by atoms with Crippen molar-refractivity contribution in [2.45, 2.75) is 87.6 Å². The van der Waals surface area contributed by atoms with Crippen molar-refractivity contribution in [2.75, 3.05) is 13.7 Å². The molecule has 5 rings (SSSR count). The second kappa shape index (κ2) is 12.3. The van der Waals surface area contributed by atoms with E-state index in [1.807, 2.05) is 0 Å². The lowest BCUT2D eigenvalue weighted by Gasteiger charge is -2.35. The highest BCUT2D eigenvalue weighted by Crippen LogP contribution is 2.52. The van der Waals surface area contributed by atoms with Crippen LogP contribution in [0, 0.1) is 23.2 Å². The Kier molecular flexibility index (Phi) is 9.15. The lowest BCUT2D eigenvalue weighted by molar-refractivity contribution is -0.148. The number of carbonyl (C=O) groups excluding carboxylic acids is 4. The molecular weight excluding hydrogens is 670 g/mol. The first-order valence-corrected chi connectivity index (χ1v) is 17.3. The third kappa shape index (κ3) is 7.07. The summed E-state index contributed by atoms with van der Waals surface area (Å²) in [5.41, 5.74) is -2.15. The number of rotatable bonds is 10. The lowest BCUT2D eigenvalue weighted by atomic mass is 9.85. The summed E-state index contributed by atoms with van der Waals surface area (Å²) in [7, 11) is -3.05. The van der Waals surface area contributed by atoms with Crippen LogP contribution >= 0.6 is 15.9 Å². The van der Waals surface area contributed by atoms with Crippen molar-refractivity contribution in [3.63, 3.8) is 0 Å². The van der Waals surface area contributed by atoms with E-state index in [2.05, 4.69) is 33.1 Å². The Labute approximate surface area is 271 Å². The highest BCUT2D eigenvalue weighted by Gasteiger charge is 2.62. The molecule has 0 bridgehead atoms. The zero-order valence-electron chi connectivity index (χ0n) is 25.8. The van der Waals surface area contributed by atoms with Gasteiger partial charge in [-0.25, -0.2) is 9.59 Å². The summed E-state index contributed by atoms with van der Waals surface area (Å²) in [6, 6.07) is 3.55. The van der Waals surface area contributed by atoms with Crippen molar-refractivity contribution in [1.29, 1.82) is 0 Å². The molecule has 246 valence electrons. The number of alkyl carbamates (subject to hydrolysis) is 1. The molecule has 3 amide bonds. The van der Waals surface area contributed by atoms with E-state index in [0.29, 0.717) is 16.3 Å². The van der Waals surface area contributed by atoms with Gasteiger partial charge in [0.15, 0.2) is 0 Å². The fourth-order valence-corrected chi connectivity index (χ4v) is 7.90. The van der Waals surface area contributed by atoms with Gasteiger partial charge in [-0.1, -0.05) is 42.8 Å². The van der Waals surface area contributed by atoms with Crippen LogP contribution in [-0.2, 0) is 38.2 Å². The molecule has 0 unspecified atom stereocenters. The number of fused-ring (bicyclic) bond motifs is 1. The number of hydrogen-bond acceptors (Lipinski definition) is 9. The van der Waals surface area contributed by atoms with E-state index in [1.165, 1.54) is 24.1 Å². The Morgan fingerprint density at radius 2 is 1.71 bits per heavy atom. The van der Waals surface area contributed by atoms with Gasteiger partial charge in [0.25, 0.3) is 10.1 Å². The van der Waals surface area contributed by atoms with Crippen LogP contribution in [0.2, 0.25) is 0 Å². The minimum absolute atomic E-state index is 0.0885. The first kappa shape index (κ1) is 33.4. The molecule has 45 heavy (non-hydrogen) atoms. The number of benzene rings is 1. The smallest absolute Gasteiger partial charge is 0.408 e. The van der Waals surface area contributed by atoms with Crippen LogP contribution in [0.1, 0.15) is 52.9 Å². The SMILES string of the molecule is C=C[C@@H]1C[C@]1(NC(=O)[C@@H]1C[C@H](OS(=O)(=O)c2ccc(Br)cc2)CN1C(=O)[C@@H](NC(=O)O[C@@H]1C[C@@H]2C[C@@H]2C1)C(C)(C)C)C(=O)OC. The van der Waals surface area contributed by atoms with Gasteiger partial charge in [-0.2, -0.15) is 8.42 Å². The molecule has 4 aliphatic rings. The fourth-order valence-electron chi connectivity index (χ4n) is 6.56. The highest BCUT2D eigenvalue weighted by molar-refractivity contribution is 9.10. The van der Waals surface area contributed by atoms with E-state index < -0.39 is 63.1 Å². The molecular formula is C31H40BrN3O9S. The van der Waals surface area contributed by atoms with Crippen molar-refractivity contribution < 1.29 is 41.3 Å². The largest absolute Gasteiger partial charge is 0.467 e. The van der Waals surface area contributed by atoms with Gasteiger partial charge in [-0.3, -0.25) is 13.8 Å². The molecule has 1 saturated heterocycles. The van der Waals surface area contributed by atoms with Crippen molar-refractivity contribution in [2.24, 2.45) is 23.2 Å². The number of ether oxygens (including phenoxy) is 2. The Morgan fingerprint density at radius 3 is 2.27 bits per heavy atom. The van der Waals surface area contributed by atoms with E-state index in [1.54, 1.807) is 39.0 Å². The highest BCUT2D eigenvalue weighted by atomic mass is 79.9. The van der Waals surface area contributed by atoms with Gasteiger partial charge in [-0.15, -0.1) is 6.58 Å². The number of carbonyl (C=O) groups is 4. The summed E-state index contributed by atoms with van der Waals surface area (Å²) in [6.45, 7) is 8.77. The molecule has 1 aromatic rings. The van der Waals surface area contributed by atoms with Crippen LogP contribution in [0.4, 0.5) is 4.79 Å². The molecule has 8 atom stereocenters. The maximum absolute atomic E-state index is 14.2. The second-order valence-electron chi connectivity index (χ2n) is 13.6. The van der Waals surface area contributed by atoms with Gasteiger partial charge in [-0.05, 0) is 67.2 Å². The van der Waals surface area contributed by atoms with Gasteiger partial charge >= 0.3 is 12.1 Å². The number of hydrogen-bond donors (Lipinski definition) is 2. The molecule has 14 heteroatoms. The summed E-state index contributed by atoms with van der Waals surface area (Å²) < 4.78 is 43.1. The number of nitrogens with zero attached hydrogens (tertiary/aromatic N) is 1. The normalized spacial score (nSPS) is 30.9. The first-order chi connectivity index (χ1) is 21.1. The van der Waals surface area contributed by atoms with Gasteiger partial charge < -0.3 is 25.0 Å². The van der Waals surface area contributed by atoms with Gasteiger partial charge in [0, 0.05) is 23.4 Å². The Balaban J connectivity index is 1.37. The Bertz CT molecular complexity index is 1470. The van der Waals surface area contributed by atoms with Crippen molar-refractivity contribution in [3.05, 3.63) is 41.4 Å². The maximum atomic E-state index is 14.2. The zero-order valence-corrected chi connectivity index (χ0v) is 28.2. The molecule has 2 N–H and O–H groups in total. The minimum atomic E-state index is -4.26. The summed E-state index contributed by atoms with van der Waals surface area (Å²) >= 11 is 3.27. The molecule has 0 spiro atoms. The molecule has 3 saturated carbocycles. The number of esters is 1. The molecule has 3 aliphatic carbocycles. The van der Waals surface area contributed by atoms with Crippen LogP contribution in [-0.4, -0.2) is 80.7 Å². The maximum Gasteiger partial charge on any atom is 0.408 e. The minimum Gasteiger partial charge on any atom is -0.467 e. The topological polar surface area (TPSA) is 157 Å². The predicted octanol–water partition coefficient (Wildman–Crippen LogP) is 3.30. The first-order valence-electron chi connectivity index (χ1n) is 15.1. The number of nitrogens with one attached hydrogen (secondary N) is 2. The Hall–Kier alpha value is -2.97. The van der Waals surface area contributed by atoms with Gasteiger partial charge in [0.2, 0.25) is 11.8 Å². The van der Waals surface area contributed by atoms with Crippen molar-refractivity contribution >= 4 is 49.9 Å². The quantitative estimate of drug-likeness (QED) is 0.211. The third-order valence-corrected chi connectivity index (χ3v) is 11.2. The summed E-state index contributed by atoms with van der Waals surface area (Å²) in [5.74, 6) is -1.11. The monoisotopic (exact) mass is 709 g/mol. The molecule has 1 aliphatic heterocycles. The van der Waals surface area contributed by atoms with E-state index >= 15 is 0 Å². The van der Waals surface area contributed by atoms with E-state index in [-0.39, 0.29) is 36.3 Å². The van der Waals surface area contributed by atoms with Gasteiger partial charge in [0.05, 0.1) is 18.1 Å². The third-order valence-electron chi connectivity index (χ3n) is 9.26. The summed E-state index contributed by atoms with van der Waals surface area (Å²) in [5, 5.41) is 5.45. The molecule has 1 aromatic carbocycles. The number of halogens is 1. The van der Waals surface area contributed by atoms with Gasteiger partial charge in [0.1, 0.15) is 23.7 Å². The van der Waals surface area contributed by atoms with E-state index in [9.17, 15) is 27.6 Å². The average Bonchev–Trinajstić information content (AvgIpc) is 3.78. The molecule has 0 radical (unpaired) electrons. The van der Waals surface area contributed by atoms with Crippen molar-refractivity contribution in [3.8, 4) is 0 Å². The standard InChI is InChI=1S/C31H40BrN3O9S/c1-6-19-15-31(19,28(38)42-5)34-26(36)24-14-22(44-45(40,41)23-9-7-20(32)8-10-23)16-35(24)27(37)25(30(2,3)4)33-29(39)43-21-12-17-11-18(17)13-21/h6-10,17-19,21-22,24-25H,1,11-16H2,2-5H3,(H,33,39)(H,34,36)/t17-,18+,19-,21+,22+,24+,25-,31-/m1/s1. The van der Waals surface area contributed by atoms with Crippen LogP contribution in [0.15, 0.2) is 46.3 Å². The second-order valence-corrected chi connectivity index (χ2v) is 16.1. The van der Waals surface area contributed by atoms with Crippen LogP contribution in [0.3, 0.4) is 0 Å². The van der Waals surface area contributed by atoms with Crippen LogP contribution in [0.25, 0.3) is 0 Å². The van der Waals surface area contributed by atoms with Crippen LogP contribution < -0.4 is 10.6 Å². The lowest BCUT2D eigenvalue weighted by Crippen LogP contribution is -2.59. The van der Waals surface area contributed by atoms with Crippen molar-refractivity contribution in [1.82, 2.24) is 15.5 Å². The zero-order chi connectivity index (χ0) is 32.9. The summed E-state index contributed by atoms with van der Waals surface area (Å²) in [4.78, 5) is 54.8.